The van der Waals surface area contributed by atoms with Gasteiger partial charge in [-0.2, -0.15) is 5.10 Å². The molecule has 0 aromatic carbocycles. The zero-order valence-electron chi connectivity index (χ0n) is 12.3. The lowest BCUT2D eigenvalue weighted by atomic mass is 10.1. The molecule has 0 saturated heterocycles. The Morgan fingerprint density at radius 3 is 2.62 bits per heavy atom. The van der Waals surface area contributed by atoms with Crippen LogP contribution in [0.4, 0.5) is 4.39 Å². The van der Waals surface area contributed by atoms with Gasteiger partial charge in [-0.3, -0.25) is 0 Å². The molecule has 21 heavy (non-hydrogen) atoms. The molecule has 2 aromatic rings. The van der Waals surface area contributed by atoms with Gasteiger partial charge >= 0.3 is 0 Å². The van der Waals surface area contributed by atoms with Gasteiger partial charge in [0.05, 0.1) is 18.4 Å². The van der Waals surface area contributed by atoms with Gasteiger partial charge in [0.1, 0.15) is 5.75 Å². The second-order valence-corrected chi connectivity index (χ2v) is 6.56. The van der Waals surface area contributed by atoms with Crippen LogP contribution in [-0.4, -0.2) is 25.1 Å². The second kappa shape index (κ2) is 7.02. The maximum absolute atomic E-state index is 12.9. The summed E-state index contributed by atoms with van der Waals surface area (Å²) in [6, 6.07) is 3.55. The van der Waals surface area contributed by atoms with Crippen molar-refractivity contribution in [3.63, 3.8) is 0 Å². The number of rotatable bonds is 6. The Balaban J connectivity index is 2.01. The van der Waals surface area contributed by atoms with Crippen LogP contribution in [0.3, 0.4) is 0 Å². The van der Waals surface area contributed by atoms with Crippen LogP contribution >= 0.6 is 0 Å². The van der Waals surface area contributed by atoms with Crippen LogP contribution in [0.25, 0.3) is 5.82 Å². The fourth-order valence-electron chi connectivity index (χ4n) is 1.83. The van der Waals surface area contributed by atoms with E-state index in [9.17, 15) is 8.94 Å². The fraction of sp³-hybridized carbons (Fsp3) is 0.429. The minimum absolute atomic E-state index is 0.0690. The van der Waals surface area contributed by atoms with Crippen molar-refractivity contribution in [3.05, 3.63) is 42.1 Å². The van der Waals surface area contributed by atoms with E-state index in [1.807, 2.05) is 26.8 Å². The molecule has 2 rings (SSSR count). The van der Waals surface area contributed by atoms with E-state index in [1.54, 1.807) is 12.3 Å². The summed E-state index contributed by atoms with van der Waals surface area (Å²) in [5.41, 5.74) is 0.920. The quantitative estimate of drug-likeness (QED) is 0.832. The predicted molar refractivity (Wildman–Crippen MR) is 80.7 cm³/mol. The summed E-state index contributed by atoms with van der Waals surface area (Å²) in [5.74, 6) is 1.13. The van der Waals surface area contributed by atoms with E-state index in [0.717, 1.165) is 11.8 Å². The van der Waals surface area contributed by atoms with Crippen molar-refractivity contribution >= 4 is 11.4 Å². The molecule has 0 aliphatic carbocycles. The normalized spacial score (nSPS) is 14.4. The number of halogens is 1. The monoisotopic (exact) mass is 310 g/mol. The number of nitrogens with zero attached hydrogens (tertiary/aromatic N) is 3. The Hall–Kier alpha value is -1.44. The number of hydrogen-bond donors (Lipinski definition) is 1. The summed E-state index contributed by atoms with van der Waals surface area (Å²) in [6.45, 7) is 6.00. The highest BCUT2D eigenvalue weighted by Crippen LogP contribution is 2.15. The van der Waals surface area contributed by atoms with Gasteiger partial charge in [0.25, 0.3) is 0 Å². The lowest BCUT2D eigenvalue weighted by Crippen LogP contribution is -2.31. The molecule has 0 amide bonds. The Bertz CT molecular complexity index is 573. The molecule has 114 valence electrons. The van der Waals surface area contributed by atoms with E-state index < -0.39 is 17.2 Å². The Morgan fingerprint density at radius 1 is 1.33 bits per heavy atom. The van der Waals surface area contributed by atoms with Gasteiger partial charge in [0, 0.05) is 17.6 Å². The molecule has 7 heteroatoms. The summed E-state index contributed by atoms with van der Waals surface area (Å²) < 4.78 is 29.2. The summed E-state index contributed by atoms with van der Waals surface area (Å²) in [4.78, 5) is 4.25. The molecular formula is C14H19FN4OS. The Kier molecular flexibility index (Phi) is 5.33. The molecule has 1 unspecified atom stereocenters. The molecule has 2 aromatic heterocycles. The van der Waals surface area contributed by atoms with Gasteiger partial charge in [0.2, 0.25) is 0 Å². The maximum Gasteiger partial charge on any atom is 0.161 e. The van der Waals surface area contributed by atoms with Crippen LogP contribution < -0.4 is 4.72 Å². The molecule has 0 saturated carbocycles. The van der Waals surface area contributed by atoms with Crippen LogP contribution in [0, 0.1) is 11.7 Å². The van der Waals surface area contributed by atoms with Gasteiger partial charge in [-0.1, -0.05) is 19.9 Å². The first-order valence-corrected chi connectivity index (χ1v) is 8.08. The first-order chi connectivity index (χ1) is 9.95. The third-order valence-corrected chi connectivity index (χ3v) is 4.44. The average Bonchev–Trinajstić information content (AvgIpc) is 2.84. The predicted octanol–water partition coefficient (Wildman–Crippen LogP) is 2.38. The standard InChI is InChI=1S/C14H19FN4OS/c1-10(2)9-21(20)18-11(3)12-4-5-14(16-6-12)19-8-13(15)7-17-19/h4-8,10-11,18H,9H2,1-3H3/t11-,21?/m1/s1. The van der Waals surface area contributed by atoms with E-state index >= 15 is 0 Å². The van der Waals surface area contributed by atoms with Crippen LogP contribution in [0.1, 0.15) is 32.4 Å². The van der Waals surface area contributed by atoms with Crippen molar-refractivity contribution in [1.29, 1.82) is 0 Å². The maximum atomic E-state index is 12.9. The minimum Gasteiger partial charge on any atom is -0.598 e. The van der Waals surface area contributed by atoms with Crippen LogP contribution in [0.2, 0.25) is 0 Å². The largest absolute Gasteiger partial charge is 0.598 e. The van der Waals surface area contributed by atoms with Crippen molar-refractivity contribution in [2.24, 2.45) is 5.92 Å². The second-order valence-electron chi connectivity index (χ2n) is 5.30. The van der Waals surface area contributed by atoms with E-state index in [0.29, 0.717) is 17.5 Å². The summed E-state index contributed by atoms with van der Waals surface area (Å²) in [5, 5.41) is 3.86. The van der Waals surface area contributed by atoms with Crippen molar-refractivity contribution in [1.82, 2.24) is 19.5 Å². The molecule has 0 radical (unpaired) electrons. The summed E-state index contributed by atoms with van der Waals surface area (Å²) >= 11 is -1.06. The van der Waals surface area contributed by atoms with Crippen molar-refractivity contribution in [2.75, 3.05) is 5.75 Å². The molecule has 0 fully saturated rings. The molecule has 2 atom stereocenters. The number of aromatic nitrogens is 3. The molecule has 5 nitrogen and oxygen atoms in total. The number of nitrogens with one attached hydrogen (secondary N) is 1. The topological polar surface area (TPSA) is 65.8 Å². The molecule has 0 aliphatic rings. The van der Waals surface area contributed by atoms with Crippen molar-refractivity contribution in [2.45, 2.75) is 26.8 Å². The SMILES string of the molecule is CC(C)C[S+]([O-])N[C@H](C)c1ccc(-n2cc(F)cn2)nc1. The average molecular weight is 310 g/mol. The van der Waals surface area contributed by atoms with Crippen molar-refractivity contribution < 1.29 is 8.94 Å². The smallest absolute Gasteiger partial charge is 0.161 e. The summed E-state index contributed by atoms with van der Waals surface area (Å²) in [7, 11) is 0. The molecule has 1 N–H and O–H groups in total. The number of hydrogen-bond acceptors (Lipinski definition) is 4. The van der Waals surface area contributed by atoms with E-state index in [1.165, 1.54) is 10.9 Å². The van der Waals surface area contributed by atoms with E-state index in [-0.39, 0.29) is 6.04 Å². The first-order valence-electron chi connectivity index (χ1n) is 6.76. The minimum atomic E-state index is -1.06. The highest BCUT2D eigenvalue weighted by Gasteiger charge is 2.15. The third kappa shape index (κ3) is 4.52. The lowest BCUT2D eigenvalue weighted by molar-refractivity contribution is 0.553. The Morgan fingerprint density at radius 2 is 2.10 bits per heavy atom. The van der Waals surface area contributed by atoms with E-state index in [2.05, 4.69) is 14.8 Å². The van der Waals surface area contributed by atoms with Crippen molar-refractivity contribution in [3.8, 4) is 5.82 Å². The third-order valence-electron chi connectivity index (χ3n) is 2.85. The van der Waals surface area contributed by atoms with E-state index in [4.69, 9.17) is 0 Å². The van der Waals surface area contributed by atoms with Crippen LogP contribution in [0.5, 0.6) is 0 Å². The zero-order chi connectivity index (χ0) is 15.4. The van der Waals surface area contributed by atoms with Gasteiger partial charge in [-0.15, -0.1) is 4.72 Å². The van der Waals surface area contributed by atoms with Gasteiger partial charge in [-0.25, -0.2) is 14.1 Å². The molecule has 2 heterocycles. The number of pyridine rings is 1. The Labute approximate surface area is 126 Å². The summed E-state index contributed by atoms with van der Waals surface area (Å²) in [6.07, 6.45) is 4.08. The van der Waals surface area contributed by atoms with Gasteiger partial charge in [-0.05, 0) is 24.5 Å². The molecule has 0 bridgehead atoms. The van der Waals surface area contributed by atoms with Gasteiger partial charge in [0.15, 0.2) is 11.6 Å². The lowest BCUT2D eigenvalue weighted by Gasteiger charge is -2.18. The first kappa shape index (κ1) is 15.9. The molecule has 0 spiro atoms. The molecule has 0 aliphatic heterocycles. The highest BCUT2D eigenvalue weighted by molar-refractivity contribution is 7.89. The van der Waals surface area contributed by atoms with Crippen LogP contribution in [0.15, 0.2) is 30.7 Å². The highest BCUT2D eigenvalue weighted by atomic mass is 32.2. The fourth-order valence-corrected chi connectivity index (χ4v) is 3.06. The van der Waals surface area contributed by atoms with Crippen LogP contribution in [-0.2, 0) is 11.4 Å². The van der Waals surface area contributed by atoms with Gasteiger partial charge < -0.3 is 4.55 Å². The zero-order valence-corrected chi connectivity index (χ0v) is 13.1. The molecular weight excluding hydrogens is 291 g/mol.